The second kappa shape index (κ2) is 20.3. The van der Waals surface area contributed by atoms with Crippen molar-refractivity contribution < 1.29 is 19.0 Å². The van der Waals surface area contributed by atoms with Crippen molar-refractivity contribution in [2.24, 2.45) is 58.0 Å². The smallest absolute Gasteiger partial charge is 0.337 e. The number of hydrogen-bond acceptors (Lipinski definition) is 7. The minimum Gasteiger partial charge on any atom is -0.360 e. The van der Waals surface area contributed by atoms with Gasteiger partial charge in [0.25, 0.3) is 0 Å². The first-order valence-electron chi connectivity index (χ1n) is 19.0. The van der Waals surface area contributed by atoms with E-state index in [0.717, 1.165) is 60.0 Å². The first-order valence-corrected chi connectivity index (χ1v) is 22.6. The van der Waals surface area contributed by atoms with Crippen LogP contribution in [0.5, 0.6) is 0 Å². The van der Waals surface area contributed by atoms with E-state index in [1.165, 1.54) is 63.4 Å². The molecule has 0 bridgehead atoms. The van der Waals surface area contributed by atoms with Gasteiger partial charge >= 0.3 is 6.47 Å². The molecule has 1 heterocycles. The highest BCUT2D eigenvalue weighted by Gasteiger charge is 2.65. The lowest BCUT2D eigenvalue weighted by Gasteiger charge is -2.61. The molecule has 0 radical (unpaired) electrons. The Hall–Kier alpha value is -0.170. The molecule has 4 saturated carbocycles. The highest BCUT2D eigenvalue weighted by atomic mass is 127. The largest absolute Gasteiger partial charge is 0.360 e. The van der Waals surface area contributed by atoms with Gasteiger partial charge in [-0.3, -0.25) is 15.1 Å². The third-order valence-electron chi connectivity index (χ3n) is 13.6. The van der Waals surface area contributed by atoms with Crippen molar-refractivity contribution in [1.82, 2.24) is 10.6 Å². The van der Waals surface area contributed by atoms with Crippen LogP contribution in [0.3, 0.4) is 0 Å². The average molecular weight is 838 g/mol. The van der Waals surface area contributed by atoms with Crippen molar-refractivity contribution in [2.45, 2.75) is 137 Å². The molecule has 1 saturated heterocycles. The monoisotopic (exact) mass is 837 g/mol. The van der Waals surface area contributed by atoms with Gasteiger partial charge in [-0.2, -0.15) is 0 Å². The van der Waals surface area contributed by atoms with E-state index in [9.17, 15) is 4.53 Å². The van der Waals surface area contributed by atoms with Gasteiger partial charge in [0.2, 0.25) is 0 Å². The van der Waals surface area contributed by atoms with Crippen molar-refractivity contribution in [3.8, 4) is 0 Å². The molecule has 0 amide bonds. The molecule has 5 aliphatic rings. The summed E-state index contributed by atoms with van der Waals surface area (Å²) in [4.78, 5) is 10.9. The third kappa shape index (κ3) is 10.1. The summed E-state index contributed by atoms with van der Waals surface area (Å²) < 4.78 is 16.7. The Balaban J connectivity index is 0.000000747. The molecule has 0 aromatic heterocycles. The third-order valence-corrected chi connectivity index (χ3v) is 13.8. The van der Waals surface area contributed by atoms with E-state index in [1.54, 1.807) is 0 Å². The van der Waals surface area contributed by atoms with Crippen molar-refractivity contribution in [2.75, 3.05) is 13.1 Å². The zero-order chi connectivity index (χ0) is 36.4. The van der Waals surface area contributed by atoms with Crippen molar-refractivity contribution in [3.05, 3.63) is 34.9 Å². The number of hydrogen-bond donors (Lipinski definition) is 4. The highest BCUT2D eigenvalue weighted by Crippen LogP contribution is 2.69. The molecule has 10 unspecified atom stereocenters. The molecule has 13 atom stereocenters. The maximum Gasteiger partial charge on any atom is 0.337 e. The summed E-state index contributed by atoms with van der Waals surface area (Å²) in [5.74, 6) is 5.59. The van der Waals surface area contributed by atoms with Gasteiger partial charge in [-0.05, 0) is 143 Å². The fourth-order valence-corrected chi connectivity index (χ4v) is 11.2. The Labute approximate surface area is 320 Å². The van der Waals surface area contributed by atoms with Crippen molar-refractivity contribution >= 4 is 49.1 Å². The molecule has 1 aromatic rings. The SMILES string of the molecule is CC.CC[C@H](C)CNC1O[C@H]2CC3C4CCC5CC(NCC(N)Cc6ccc(Cl)cc6)CCC5(C)C4CCC3(C)C2[C@@H]1C.O=COF.SI. The lowest BCUT2D eigenvalue weighted by Crippen LogP contribution is -2.56. The van der Waals surface area contributed by atoms with Gasteiger partial charge in [0.15, 0.2) is 0 Å². The molecule has 6 nitrogen and oxygen atoms in total. The Bertz CT molecular complexity index is 1130. The summed E-state index contributed by atoms with van der Waals surface area (Å²) in [5, 5.41) is 8.51. The Morgan fingerprint density at radius 3 is 2.35 bits per heavy atom. The van der Waals surface area contributed by atoms with E-state index < -0.39 is 0 Å². The predicted molar refractivity (Wildman–Crippen MR) is 213 cm³/mol. The zero-order valence-electron chi connectivity index (χ0n) is 31.1. The van der Waals surface area contributed by atoms with Gasteiger partial charge in [0, 0.05) is 40.6 Å². The number of nitrogens with two attached hydrogens (primary N) is 1. The number of halogens is 3. The summed E-state index contributed by atoms with van der Waals surface area (Å²) in [6.07, 6.45) is 13.9. The predicted octanol–water partition coefficient (Wildman–Crippen LogP) is 9.77. The number of nitrogens with one attached hydrogen (secondary N) is 2. The van der Waals surface area contributed by atoms with E-state index >= 15 is 0 Å². The summed E-state index contributed by atoms with van der Waals surface area (Å²) >= 11 is 7.90. The van der Waals surface area contributed by atoms with Gasteiger partial charge in [-0.1, -0.05) is 78.6 Å². The second-order valence-corrected chi connectivity index (χ2v) is 16.4. The van der Waals surface area contributed by atoms with E-state index in [1.807, 2.05) is 47.2 Å². The quantitative estimate of drug-likeness (QED) is 0.107. The van der Waals surface area contributed by atoms with Gasteiger partial charge in [-0.15, -0.1) is 9.80 Å². The Morgan fingerprint density at radius 2 is 1.71 bits per heavy atom. The van der Waals surface area contributed by atoms with Crippen LogP contribution in [0.15, 0.2) is 24.3 Å². The number of benzene rings is 1. The standard InChI is InChI=1S/C36H58ClN3O.C2H6.CHFO2.HIS/c1-6-22(2)20-40-34-23(3)33-32(41-34)19-31-29-12-9-25-18-28(13-15-35(25,4)30(29)14-16-36(31,33)5)39-21-27(38)17-24-7-10-26(37)11-8-24;1-2;2-4-1-3;1-2/h7-8,10-11,22-23,25,27-34,39-40H,6,9,12-21,38H2,1-5H3;1-2H3;1H;2H/t22-,23-,25?,27?,28?,29?,30?,31?,32-,33?,34?,35?,36?;;;/m0.../s1. The lowest BCUT2D eigenvalue weighted by molar-refractivity contribution is -0.165. The maximum atomic E-state index is 9.85. The first kappa shape index (κ1) is 43.2. The fraction of sp³-hybridized carbons (Fsp3) is 0.821. The molecule has 1 aliphatic heterocycles. The number of fused-ring (bicyclic) bond motifs is 7. The summed E-state index contributed by atoms with van der Waals surface area (Å²) in [6.45, 7) is 18.2. The van der Waals surface area contributed by atoms with Crippen molar-refractivity contribution in [3.63, 3.8) is 0 Å². The van der Waals surface area contributed by atoms with Crippen LogP contribution in [0.25, 0.3) is 0 Å². The molecule has 49 heavy (non-hydrogen) atoms. The van der Waals surface area contributed by atoms with Crippen LogP contribution in [-0.2, 0) is 20.9 Å². The van der Waals surface area contributed by atoms with E-state index in [4.69, 9.17) is 26.9 Å². The van der Waals surface area contributed by atoms with Crippen LogP contribution >= 0.6 is 42.6 Å². The number of ether oxygens (including phenoxy) is 1. The number of carbonyl (C=O) groups excluding carboxylic acids is 1. The van der Waals surface area contributed by atoms with Gasteiger partial charge in [-0.25, -0.2) is 0 Å². The van der Waals surface area contributed by atoms with Gasteiger partial charge in [0.1, 0.15) is 6.23 Å². The second-order valence-electron chi connectivity index (χ2n) is 16.0. The average Bonchev–Trinajstić information content (AvgIpc) is 3.61. The summed E-state index contributed by atoms with van der Waals surface area (Å²) in [5.41, 5.74) is 8.80. The molecule has 0 spiro atoms. The minimum absolute atomic E-state index is 0.146. The van der Waals surface area contributed by atoms with Crippen LogP contribution in [0.1, 0.15) is 112 Å². The highest BCUT2D eigenvalue weighted by molar-refractivity contribution is 14.2. The molecule has 4 aliphatic carbocycles. The van der Waals surface area contributed by atoms with Crippen LogP contribution in [0.4, 0.5) is 4.53 Å². The van der Waals surface area contributed by atoms with E-state index in [2.05, 4.69) is 72.1 Å². The molecule has 282 valence electrons. The molecule has 5 fully saturated rings. The number of carbonyl (C=O) groups is 1. The summed E-state index contributed by atoms with van der Waals surface area (Å²) in [6, 6.07) is 8.92. The normalized spacial score (nSPS) is 38.2. The van der Waals surface area contributed by atoms with E-state index in [-0.39, 0.29) is 18.7 Å². The first-order chi connectivity index (χ1) is 23.5. The minimum atomic E-state index is -0.292. The molecule has 10 heteroatoms. The maximum absolute atomic E-state index is 9.85. The Morgan fingerprint density at radius 1 is 1.06 bits per heavy atom. The van der Waals surface area contributed by atoms with Crippen LogP contribution in [0, 0.1) is 52.3 Å². The topological polar surface area (TPSA) is 85.6 Å². The fourth-order valence-electron chi connectivity index (χ4n) is 11.1. The van der Waals surface area contributed by atoms with Crippen LogP contribution in [-0.4, -0.2) is 44.0 Å². The number of thiol groups is 1. The molecule has 6 rings (SSSR count). The molecular weight excluding hydrogens is 772 g/mol. The molecular formula is C39H66ClFIN3O3S. The Kier molecular flexibility index (Phi) is 17.9. The van der Waals surface area contributed by atoms with Gasteiger partial charge in [0.05, 0.1) is 6.10 Å². The summed E-state index contributed by atoms with van der Waals surface area (Å²) in [7, 11) is 3.50. The van der Waals surface area contributed by atoms with Crippen LogP contribution < -0.4 is 16.4 Å². The van der Waals surface area contributed by atoms with E-state index in [0.29, 0.717) is 28.9 Å². The lowest BCUT2D eigenvalue weighted by atomic mass is 9.44. The molecule has 1 aromatic carbocycles. The zero-order valence-corrected chi connectivity index (χ0v) is 34.9. The molecule has 4 N–H and O–H groups in total. The number of rotatable bonds is 10. The van der Waals surface area contributed by atoms with Gasteiger partial charge < -0.3 is 15.8 Å². The van der Waals surface area contributed by atoms with Crippen molar-refractivity contribution in [1.29, 1.82) is 0 Å². The van der Waals surface area contributed by atoms with Crippen LogP contribution in [0.2, 0.25) is 5.02 Å².